The maximum Gasteiger partial charge on any atom is 0.235 e. The molecule has 2 aliphatic heterocycles. The number of likely N-dealkylation sites (tertiary alicyclic amines) is 1. The van der Waals surface area contributed by atoms with E-state index in [9.17, 15) is 9.59 Å². The van der Waals surface area contributed by atoms with Crippen molar-refractivity contribution in [3.63, 3.8) is 0 Å². The van der Waals surface area contributed by atoms with Gasteiger partial charge in [-0.2, -0.15) is 0 Å². The molecular weight excluding hydrogens is 344 g/mol. The fourth-order valence-electron chi connectivity index (χ4n) is 3.20. The van der Waals surface area contributed by atoms with Crippen LogP contribution in [0.2, 0.25) is 0 Å². The number of Topliss-reactive ketones (excluding diaryl/α,β-unsaturated/α-hetero) is 1. The molecule has 2 saturated heterocycles. The van der Waals surface area contributed by atoms with Crippen molar-refractivity contribution in [2.24, 2.45) is 0 Å². The predicted molar refractivity (Wildman–Crippen MR) is 99.7 cm³/mol. The average Bonchev–Trinajstić information content (AvgIpc) is 2.97. The topological polar surface area (TPSA) is 75.6 Å². The number of aromatic nitrogens is 2. The highest BCUT2D eigenvalue weighted by Crippen LogP contribution is 2.24. The first-order chi connectivity index (χ1) is 13.2. The summed E-state index contributed by atoms with van der Waals surface area (Å²) in [5.74, 6) is 0.249. The molecule has 27 heavy (non-hydrogen) atoms. The normalized spacial score (nSPS) is 19.2. The molecule has 7 heteroatoms. The summed E-state index contributed by atoms with van der Waals surface area (Å²) in [6, 6.07) is 11.4. The zero-order valence-electron chi connectivity index (χ0n) is 14.9. The smallest absolute Gasteiger partial charge is 0.235 e. The number of allylic oxidation sites excluding steroid dienone is 1. The molecule has 0 unspecified atom stereocenters. The molecule has 138 valence electrons. The number of nitrogens with zero attached hydrogens (tertiary/aromatic N) is 4. The number of ketones is 1. The SMILES string of the molecule is O=C1CC(=O)N(Cc2ccccc2)/C1=C\c1ccnc(N2CCOCC2)n1. The van der Waals surface area contributed by atoms with Gasteiger partial charge in [0.05, 0.1) is 37.6 Å². The third-order valence-electron chi connectivity index (χ3n) is 4.62. The number of anilines is 1. The van der Waals surface area contributed by atoms with Gasteiger partial charge in [-0.25, -0.2) is 9.97 Å². The molecule has 2 aromatic rings. The number of carbonyl (C=O) groups excluding carboxylic acids is 2. The zero-order chi connectivity index (χ0) is 18.6. The van der Waals surface area contributed by atoms with Gasteiger partial charge in [0.25, 0.3) is 0 Å². The molecule has 0 atom stereocenters. The Labute approximate surface area is 157 Å². The molecule has 3 heterocycles. The van der Waals surface area contributed by atoms with E-state index < -0.39 is 0 Å². The highest BCUT2D eigenvalue weighted by atomic mass is 16.5. The molecule has 1 aromatic heterocycles. The first-order valence-electron chi connectivity index (χ1n) is 8.95. The van der Waals surface area contributed by atoms with Crippen molar-refractivity contribution < 1.29 is 14.3 Å². The van der Waals surface area contributed by atoms with Crippen LogP contribution in [0.4, 0.5) is 5.95 Å². The van der Waals surface area contributed by atoms with Crippen LogP contribution in [0.5, 0.6) is 0 Å². The van der Waals surface area contributed by atoms with Crippen molar-refractivity contribution in [3.8, 4) is 0 Å². The Morgan fingerprint density at radius 1 is 1.07 bits per heavy atom. The van der Waals surface area contributed by atoms with Gasteiger partial charge < -0.3 is 14.5 Å². The molecule has 1 amide bonds. The van der Waals surface area contributed by atoms with Crippen LogP contribution in [0.25, 0.3) is 6.08 Å². The van der Waals surface area contributed by atoms with Gasteiger partial charge in [0.2, 0.25) is 11.9 Å². The number of ether oxygens (including phenoxy) is 1. The Morgan fingerprint density at radius 3 is 2.63 bits per heavy atom. The van der Waals surface area contributed by atoms with E-state index in [1.807, 2.05) is 30.3 Å². The molecule has 0 aliphatic carbocycles. The van der Waals surface area contributed by atoms with Crippen molar-refractivity contribution in [3.05, 3.63) is 59.5 Å². The molecule has 2 aliphatic rings. The standard InChI is InChI=1S/C20H20N4O3/c25-18-13-19(26)24(14-15-4-2-1-3-5-15)17(18)12-16-6-7-21-20(22-16)23-8-10-27-11-9-23/h1-7,12H,8-11,13-14H2/b17-12-. The van der Waals surface area contributed by atoms with E-state index >= 15 is 0 Å². The maximum atomic E-state index is 12.4. The first-order valence-corrected chi connectivity index (χ1v) is 8.95. The monoisotopic (exact) mass is 364 g/mol. The van der Waals surface area contributed by atoms with Crippen LogP contribution in [0, 0.1) is 0 Å². The fourth-order valence-corrected chi connectivity index (χ4v) is 3.20. The predicted octanol–water partition coefficient (Wildman–Crippen LogP) is 1.66. The average molecular weight is 364 g/mol. The summed E-state index contributed by atoms with van der Waals surface area (Å²) >= 11 is 0. The third kappa shape index (κ3) is 3.88. The number of carbonyl (C=O) groups is 2. The highest BCUT2D eigenvalue weighted by molar-refractivity contribution is 6.16. The summed E-state index contributed by atoms with van der Waals surface area (Å²) in [7, 11) is 0. The number of amides is 1. The van der Waals surface area contributed by atoms with Crippen LogP contribution in [-0.4, -0.2) is 52.9 Å². The lowest BCUT2D eigenvalue weighted by Crippen LogP contribution is -2.37. The Morgan fingerprint density at radius 2 is 1.85 bits per heavy atom. The summed E-state index contributed by atoms with van der Waals surface area (Å²) in [5.41, 5.74) is 1.97. The molecule has 0 spiro atoms. The van der Waals surface area contributed by atoms with Crippen LogP contribution in [0.15, 0.2) is 48.3 Å². The Bertz CT molecular complexity index is 876. The molecule has 2 fully saturated rings. The van der Waals surface area contributed by atoms with E-state index in [4.69, 9.17) is 4.74 Å². The van der Waals surface area contributed by atoms with Gasteiger partial charge in [0, 0.05) is 19.3 Å². The summed E-state index contributed by atoms with van der Waals surface area (Å²) < 4.78 is 5.36. The fraction of sp³-hybridized carbons (Fsp3) is 0.300. The van der Waals surface area contributed by atoms with Crippen molar-refractivity contribution >= 4 is 23.7 Å². The van der Waals surface area contributed by atoms with Crippen LogP contribution >= 0.6 is 0 Å². The lowest BCUT2D eigenvalue weighted by molar-refractivity contribution is -0.127. The second-order valence-corrected chi connectivity index (χ2v) is 6.48. The van der Waals surface area contributed by atoms with Crippen molar-refractivity contribution in [1.82, 2.24) is 14.9 Å². The van der Waals surface area contributed by atoms with Crippen molar-refractivity contribution in [1.29, 1.82) is 0 Å². The van der Waals surface area contributed by atoms with Gasteiger partial charge in [-0.1, -0.05) is 30.3 Å². The first kappa shape index (κ1) is 17.4. The second kappa shape index (κ2) is 7.67. The van der Waals surface area contributed by atoms with E-state index in [0.717, 1.165) is 18.7 Å². The number of rotatable bonds is 4. The highest BCUT2D eigenvalue weighted by Gasteiger charge is 2.33. The van der Waals surface area contributed by atoms with Gasteiger partial charge in [-0.15, -0.1) is 0 Å². The largest absolute Gasteiger partial charge is 0.378 e. The van der Waals surface area contributed by atoms with E-state index in [-0.39, 0.29) is 18.1 Å². The third-order valence-corrected chi connectivity index (χ3v) is 4.62. The minimum absolute atomic E-state index is 0.0972. The van der Waals surface area contributed by atoms with E-state index in [2.05, 4.69) is 14.9 Å². The molecular formula is C20H20N4O3. The maximum absolute atomic E-state index is 12.4. The van der Waals surface area contributed by atoms with Crippen molar-refractivity contribution in [2.75, 3.05) is 31.2 Å². The molecule has 0 N–H and O–H groups in total. The second-order valence-electron chi connectivity index (χ2n) is 6.48. The molecule has 1 aromatic carbocycles. The number of hydrogen-bond donors (Lipinski definition) is 0. The van der Waals surface area contributed by atoms with Crippen LogP contribution < -0.4 is 4.90 Å². The summed E-state index contributed by atoms with van der Waals surface area (Å²) in [6.45, 7) is 3.13. The lowest BCUT2D eigenvalue weighted by atomic mass is 10.2. The van der Waals surface area contributed by atoms with Gasteiger partial charge in [-0.3, -0.25) is 9.59 Å². The van der Waals surface area contributed by atoms with Crippen LogP contribution in [0.1, 0.15) is 17.7 Å². The molecule has 0 radical (unpaired) electrons. The minimum Gasteiger partial charge on any atom is -0.378 e. The summed E-state index contributed by atoms with van der Waals surface area (Å²) in [4.78, 5) is 37.2. The van der Waals surface area contributed by atoms with Gasteiger partial charge in [0.15, 0.2) is 5.78 Å². The van der Waals surface area contributed by atoms with Gasteiger partial charge in [-0.05, 0) is 17.7 Å². The van der Waals surface area contributed by atoms with Crippen LogP contribution in [0.3, 0.4) is 0 Å². The number of benzene rings is 1. The Balaban J connectivity index is 1.60. The van der Waals surface area contributed by atoms with Gasteiger partial charge in [0.1, 0.15) is 0 Å². The number of morpholine rings is 1. The number of hydrogen-bond acceptors (Lipinski definition) is 6. The molecule has 4 rings (SSSR count). The Hall–Kier alpha value is -3.06. The zero-order valence-corrected chi connectivity index (χ0v) is 14.9. The van der Waals surface area contributed by atoms with E-state index in [1.165, 1.54) is 4.90 Å². The lowest BCUT2D eigenvalue weighted by Gasteiger charge is -2.26. The van der Waals surface area contributed by atoms with E-state index in [1.54, 1.807) is 18.3 Å². The Kier molecular flexibility index (Phi) is 4.93. The molecule has 7 nitrogen and oxygen atoms in total. The molecule has 0 bridgehead atoms. The quantitative estimate of drug-likeness (QED) is 0.607. The summed E-state index contributed by atoms with van der Waals surface area (Å²) in [5, 5.41) is 0. The van der Waals surface area contributed by atoms with E-state index in [0.29, 0.717) is 37.1 Å². The summed E-state index contributed by atoms with van der Waals surface area (Å²) in [6.07, 6.45) is 3.26. The molecule has 0 saturated carbocycles. The minimum atomic E-state index is -0.183. The van der Waals surface area contributed by atoms with Crippen LogP contribution in [-0.2, 0) is 20.9 Å². The van der Waals surface area contributed by atoms with Gasteiger partial charge >= 0.3 is 0 Å². The van der Waals surface area contributed by atoms with Crippen molar-refractivity contribution in [2.45, 2.75) is 13.0 Å².